The van der Waals surface area contributed by atoms with Crippen LogP contribution >= 0.6 is 27.7 Å². The monoisotopic (exact) mass is 331 g/mol. The summed E-state index contributed by atoms with van der Waals surface area (Å²) in [6.45, 7) is 3.91. The largest absolute Gasteiger partial charge is 0.387 e. The molecule has 0 aliphatic carbocycles. The summed E-state index contributed by atoms with van der Waals surface area (Å²) in [7, 11) is 0. The van der Waals surface area contributed by atoms with Gasteiger partial charge in [0.1, 0.15) is 0 Å². The molecular weight excluding hydrogens is 314 g/mol. The summed E-state index contributed by atoms with van der Waals surface area (Å²) in [4.78, 5) is 11.9. The van der Waals surface area contributed by atoms with Crippen molar-refractivity contribution in [1.29, 1.82) is 0 Å². The summed E-state index contributed by atoms with van der Waals surface area (Å²) in [5.74, 6) is 0.430. The molecular formula is C13H18BrNO2S. The first-order valence-corrected chi connectivity index (χ1v) is 7.80. The summed E-state index contributed by atoms with van der Waals surface area (Å²) >= 11 is 4.95. The van der Waals surface area contributed by atoms with E-state index in [2.05, 4.69) is 21.2 Å². The van der Waals surface area contributed by atoms with E-state index in [1.165, 1.54) is 0 Å². The van der Waals surface area contributed by atoms with Crippen LogP contribution in [0.2, 0.25) is 0 Å². The highest BCUT2D eigenvalue weighted by Gasteiger charge is 2.20. The highest BCUT2D eigenvalue weighted by atomic mass is 79.9. The molecule has 0 spiro atoms. The number of carbonyl (C=O) groups is 1. The van der Waals surface area contributed by atoms with Crippen molar-refractivity contribution in [3.8, 4) is 0 Å². The fraction of sp³-hybridized carbons (Fsp3) is 0.462. The summed E-state index contributed by atoms with van der Waals surface area (Å²) in [6, 6.07) is 5.43. The van der Waals surface area contributed by atoms with Gasteiger partial charge in [-0.2, -0.15) is 11.8 Å². The predicted octanol–water partition coefficient (Wildman–Crippen LogP) is 2.60. The number of carbonyl (C=O) groups excluding carboxylic acids is 1. The fourth-order valence-electron chi connectivity index (χ4n) is 1.52. The third-order valence-electron chi connectivity index (χ3n) is 2.51. The van der Waals surface area contributed by atoms with E-state index in [0.29, 0.717) is 11.3 Å². The quantitative estimate of drug-likeness (QED) is 0.871. The van der Waals surface area contributed by atoms with Gasteiger partial charge in [-0.1, -0.05) is 15.9 Å². The second-order valence-electron chi connectivity index (χ2n) is 4.58. The van der Waals surface area contributed by atoms with Crippen LogP contribution < -0.4 is 5.32 Å². The van der Waals surface area contributed by atoms with E-state index in [1.807, 2.05) is 25.3 Å². The second kappa shape index (κ2) is 6.59. The number of hydrogen-bond donors (Lipinski definition) is 2. The average Bonchev–Trinajstić information content (AvgIpc) is 2.30. The molecule has 1 atom stereocenters. The highest BCUT2D eigenvalue weighted by Crippen LogP contribution is 2.17. The van der Waals surface area contributed by atoms with Crippen molar-refractivity contribution in [2.24, 2.45) is 0 Å². The Kier molecular flexibility index (Phi) is 5.69. The summed E-state index contributed by atoms with van der Waals surface area (Å²) in [5, 5.41) is 12.7. The topological polar surface area (TPSA) is 49.3 Å². The Morgan fingerprint density at radius 3 is 2.78 bits per heavy atom. The zero-order chi connectivity index (χ0) is 13.8. The Balaban J connectivity index is 2.63. The van der Waals surface area contributed by atoms with Crippen molar-refractivity contribution in [2.75, 3.05) is 18.6 Å². The van der Waals surface area contributed by atoms with Gasteiger partial charge in [0.05, 0.1) is 5.60 Å². The van der Waals surface area contributed by atoms with Crippen molar-refractivity contribution >= 4 is 33.6 Å². The van der Waals surface area contributed by atoms with Crippen molar-refractivity contribution < 1.29 is 9.90 Å². The molecule has 0 fully saturated rings. The first kappa shape index (κ1) is 15.5. The number of halogens is 1. The average molecular weight is 332 g/mol. The van der Waals surface area contributed by atoms with Crippen molar-refractivity contribution in [3.63, 3.8) is 0 Å². The molecule has 0 bridgehead atoms. The molecule has 0 radical (unpaired) electrons. The van der Waals surface area contributed by atoms with Crippen LogP contribution in [0.4, 0.5) is 0 Å². The molecule has 1 unspecified atom stereocenters. The first-order chi connectivity index (χ1) is 8.35. The number of nitrogens with one attached hydrogen (secondary N) is 1. The van der Waals surface area contributed by atoms with E-state index >= 15 is 0 Å². The van der Waals surface area contributed by atoms with E-state index < -0.39 is 5.60 Å². The van der Waals surface area contributed by atoms with E-state index in [-0.39, 0.29) is 12.5 Å². The summed E-state index contributed by atoms with van der Waals surface area (Å²) in [5.41, 5.74) is 0.744. The van der Waals surface area contributed by atoms with Gasteiger partial charge in [0, 0.05) is 22.3 Å². The number of aliphatic hydroxyl groups is 1. The fourth-order valence-corrected chi connectivity index (χ4v) is 2.49. The van der Waals surface area contributed by atoms with Crippen molar-refractivity contribution in [2.45, 2.75) is 19.4 Å². The maximum absolute atomic E-state index is 11.9. The Morgan fingerprint density at radius 1 is 1.56 bits per heavy atom. The van der Waals surface area contributed by atoms with Gasteiger partial charge in [0.15, 0.2) is 0 Å². The lowest BCUT2D eigenvalue weighted by molar-refractivity contribution is 0.0725. The molecule has 1 rings (SSSR count). The Labute approximate surface area is 120 Å². The number of rotatable bonds is 5. The lowest BCUT2D eigenvalue weighted by atomic mass is 10.1. The summed E-state index contributed by atoms with van der Waals surface area (Å²) in [6.07, 6.45) is 1.92. The third kappa shape index (κ3) is 4.63. The maximum Gasteiger partial charge on any atom is 0.251 e. The molecule has 0 aliphatic rings. The Bertz CT molecular complexity index is 435. The molecule has 0 aliphatic heterocycles. The minimum absolute atomic E-state index is 0.160. The molecule has 0 heterocycles. The predicted molar refractivity (Wildman–Crippen MR) is 80.2 cm³/mol. The van der Waals surface area contributed by atoms with Crippen molar-refractivity contribution in [1.82, 2.24) is 5.32 Å². The number of thioether (sulfide) groups is 1. The van der Waals surface area contributed by atoms with E-state index in [1.54, 1.807) is 24.8 Å². The number of benzene rings is 1. The van der Waals surface area contributed by atoms with Gasteiger partial charge in [-0.05, 0) is 43.9 Å². The van der Waals surface area contributed by atoms with Crippen LogP contribution in [0.25, 0.3) is 0 Å². The highest BCUT2D eigenvalue weighted by molar-refractivity contribution is 9.10. The minimum Gasteiger partial charge on any atom is -0.387 e. The van der Waals surface area contributed by atoms with Gasteiger partial charge in [0.25, 0.3) is 5.91 Å². The minimum atomic E-state index is -0.876. The van der Waals surface area contributed by atoms with Gasteiger partial charge in [0.2, 0.25) is 0 Å². The van der Waals surface area contributed by atoms with Crippen molar-refractivity contribution in [3.05, 3.63) is 33.8 Å². The van der Waals surface area contributed by atoms with Gasteiger partial charge in [-0.15, -0.1) is 0 Å². The van der Waals surface area contributed by atoms with E-state index in [4.69, 9.17) is 0 Å². The van der Waals surface area contributed by atoms with Crippen LogP contribution in [0, 0.1) is 6.92 Å². The number of aryl methyl sites for hydroxylation is 1. The normalized spacial score (nSPS) is 14.1. The lowest BCUT2D eigenvalue weighted by Gasteiger charge is -2.22. The lowest BCUT2D eigenvalue weighted by Crippen LogP contribution is -2.42. The Hall–Kier alpha value is -0.520. The van der Waals surface area contributed by atoms with Crippen LogP contribution in [0.1, 0.15) is 22.8 Å². The van der Waals surface area contributed by atoms with Gasteiger partial charge >= 0.3 is 0 Å². The Morgan fingerprint density at radius 2 is 2.22 bits per heavy atom. The molecule has 18 heavy (non-hydrogen) atoms. The van der Waals surface area contributed by atoms with Gasteiger partial charge in [-0.3, -0.25) is 4.79 Å². The molecule has 5 heteroatoms. The molecule has 1 aromatic carbocycles. The second-order valence-corrected chi connectivity index (χ2v) is 6.30. The van der Waals surface area contributed by atoms with Crippen LogP contribution in [-0.4, -0.2) is 35.2 Å². The van der Waals surface area contributed by atoms with Crippen LogP contribution in [0.3, 0.4) is 0 Å². The first-order valence-electron chi connectivity index (χ1n) is 5.61. The molecule has 1 aromatic rings. The smallest absolute Gasteiger partial charge is 0.251 e. The number of amides is 1. The SMILES string of the molecule is CSCC(C)(O)CNC(=O)c1ccc(Br)c(C)c1. The number of hydrogen-bond acceptors (Lipinski definition) is 3. The van der Waals surface area contributed by atoms with Gasteiger partial charge in [-0.25, -0.2) is 0 Å². The van der Waals surface area contributed by atoms with Crippen LogP contribution in [-0.2, 0) is 0 Å². The van der Waals surface area contributed by atoms with Crippen LogP contribution in [0.5, 0.6) is 0 Å². The molecule has 0 saturated heterocycles. The molecule has 100 valence electrons. The zero-order valence-corrected chi connectivity index (χ0v) is 13.2. The molecule has 2 N–H and O–H groups in total. The molecule has 1 amide bonds. The molecule has 0 aromatic heterocycles. The van der Waals surface area contributed by atoms with E-state index in [9.17, 15) is 9.90 Å². The third-order valence-corrected chi connectivity index (χ3v) is 4.31. The van der Waals surface area contributed by atoms with Crippen LogP contribution in [0.15, 0.2) is 22.7 Å². The van der Waals surface area contributed by atoms with Gasteiger partial charge < -0.3 is 10.4 Å². The summed E-state index contributed by atoms with van der Waals surface area (Å²) < 4.78 is 0.980. The maximum atomic E-state index is 11.9. The standard InChI is InChI=1S/C13H18BrNO2S/c1-9-6-10(4-5-11(9)14)12(16)15-7-13(2,17)8-18-3/h4-6,17H,7-8H2,1-3H3,(H,15,16). The zero-order valence-electron chi connectivity index (χ0n) is 10.8. The molecule has 3 nitrogen and oxygen atoms in total. The van der Waals surface area contributed by atoms with E-state index in [0.717, 1.165) is 10.0 Å². The molecule has 0 saturated carbocycles.